The molecule has 2 aromatic carbocycles. The molecule has 5 rings (SSSR count). The Labute approximate surface area is 206 Å². The quantitative estimate of drug-likeness (QED) is 0.285. The van der Waals surface area contributed by atoms with Gasteiger partial charge in [0.05, 0.1) is 23.7 Å². The standard InChI is InChI=1S/C26H17F6N3O2/c27-16-3-5-20(29)19(10-16)23-11-17(28)13-35(23)25(36)22-6-1-14-9-18(4-7-21(14)34-22)37-24-8-2-15(12-33-24)26(30,31)32/h1-10,12,17,23H,11,13H2/t17-,23+/m0/s1. The lowest BCUT2D eigenvalue weighted by atomic mass is 10.0. The number of carbonyl (C=O) groups is 1. The van der Waals surface area contributed by atoms with Gasteiger partial charge in [-0.1, -0.05) is 6.07 Å². The van der Waals surface area contributed by atoms with E-state index < -0.39 is 41.5 Å². The molecule has 5 nitrogen and oxygen atoms in total. The highest BCUT2D eigenvalue weighted by molar-refractivity contribution is 5.95. The summed E-state index contributed by atoms with van der Waals surface area (Å²) in [5, 5.41) is 0.554. The van der Waals surface area contributed by atoms with Crippen LogP contribution in [0.1, 0.15) is 34.1 Å². The first-order valence-electron chi connectivity index (χ1n) is 11.1. The summed E-state index contributed by atoms with van der Waals surface area (Å²) in [5.74, 6) is -1.83. The molecule has 0 radical (unpaired) electrons. The fourth-order valence-electron chi connectivity index (χ4n) is 4.24. The molecule has 3 heterocycles. The molecule has 1 amide bonds. The molecule has 11 heteroatoms. The molecular formula is C26H17F6N3O2. The lowest BCUT2D eigenvalue weighted by Crippen LogP contribution is -2.32. The molecule has 0 N–H and O–H groups in total. The average molecular weight is 517 g/mol. The van der Waals surface area contributed by atoms with Crippen LogP contribution in [0.15, 0.2) is 66.9 Å². The van der Waals surface area contributed by atoms with Crippen molar-refractivity contribution in [3.8, 4) is 11.6 Å². The van der Waals surface area contributed by atoms with E-state index in [9.17, 15) is 31.1 Å². The summed E-state index contributed by atoms with van der Waals surface area (Å²) in [6.07, 6.45) is -5.42. The number of amides is 1. The van der Waals surface area contributed by atoms with Crippen LogP contribution in [0.3, 0.4) is 0 Å². The van der Waals surface area contributed by atoms with Crippen molar-refractivity contribution in [1.82, 2.24) is 14.9 Å². The molecule has 0 saturated carbocycles. The van der Waals surface area contributed by atoms with Gasteiger partial charge in [0.2, 0.25) is 5.88 Å². The number of nitrogens with zero attached hydrogens (tertiary/aromatic N) is 3. The van der Waals surface area contributed by atoms with Crippen LogP contribution in [-0.2, 0) is 6.18 Å². The van der Waals surface area contributed by atoms with E-state index in [-0.39, 0.29) is 35.9 Å². The highest BCUT2D eigenvalue weighted by Crippen LogP contribution is 2.36. The van der Waals surface area contributed by atoms with Crippen molar-refractivity contribution >= 4 is 16.8 Å². The topological polar surface area (TPSA) is 55.3 Å². The van der Waals surface area contributed by atoms with Gasteiger partial charge in [0.15, 0.2) is 0 Å². The predicted molar refractivity (Wildman–Crippen MR) is 121 cm³/mol. The van der Waals surface area contributed by atoms with Crippen LogP contribution in [0.25, 0.3) is 10.9 Å². The fourth-order valence-corrected chi connectivity index (χ4v) is 4.24. The van der Waals surface area contributed by atoms with Crippen LogP contribution in [0.2, 0.25) is 0 Å². The third kappa shape index (κ3) is 5.07. The van der Waals surface area contributed by atoms with E-state index in [2.05, 4.69) is 9.97 Å². The van der Waals surface area contributed by atoms with Crippen molar-refractivity contribution in [2.75, 3.05) is 6.54 Å². The summed E-state index contributed by atoms with van der Waals surface area (Å²) in [5.41, 5.74) is -0.628. The van der Waals surface area contributed by atoms with Gasteiger partial charge in [-0.15, -0.1) is 0 Å². The Morgan fingerprint density at radius 1 is 1.00 bits per heavy atom. The number of likely N-dealkylation sites (tertiary alicyclic amines) is 1. The summed E-state index contributed by atoms with van der Waals surface area (Å²) in [6.45, 7) is -0.286. The minimum absolute atomic E-state index is 0.0125. The maximum Gasteiger partial charge on any atom is 0.417 e. The van der Waals surface area contributed by atoms with E-state index in [1.54, 1.807) is 12.1 Å². The van der Waals surface area contributed by atoms with Gasteiger partial charge in [-0.25, -0.2) is 23.1 Å². The number of hydrogen-bond donors (Lipinski definition) is 0. The van der Waals surface area contributed by atoms with Gasteiger partial charge in [-0.3, -0.25) is 4.79 Å². The largest absolute Gasteiger partial charge is 0.439 e. The molecule has 0 bridgehead atoms. The Kier molecular flexibility index (Phi) is 6.22. The zero-order chi connectivity index (χ0) is 26.3. The summed E-state index contributed by atoms with van der Waals surface area (Å²) in [4.78, 5) is 22.3. The monoisotopic (exact) mass is 517 g/mol. The number of carbonyl (C=O) groups excluding carboxylic acids is 1. The minimum Gasteiger partial charge on any atom is -0.439 e. The molecule has 190 valence electrons. The van der Waals surface area contributed by atoms with Crippen molar-refractivity contribution < 1.29 is 35.9 Å². The van der Waals surface area contributed by atoms with Crippen molar-refractivity contribution in [2.45, 2.75) is 24.8 Å². The Hall–Kier alpha value is -4.15. The Balaban J connectivity index is 1.37. The van der Waals surface area contributed by atoms with Crippen molar-refractivity contribution in [2.24, 2.45) is 0 Å². The molecule has 2 aromatic heterocycles. The van der Waals surface area contributed by atoms with E-state index >= 15 is 0 Å². The second-order valence-electron chi connectivity index (χ2n) is 8.51. The van der Waals surface area contributed by atoms with E-state index in [1.165, 1.54) is 18.2 Å². The molecule has 4 aromatic rings. The highest BCUT2D eigenvalue weighted by atomic mass is 19.4. The molecule has 1 aliphatic rings. The summed E-state index contributed by atoms with van der Waals surface area (Å²) in [6, 6.07) is 11.4. The van der Waals surface area contributed by atoms with Crippen molar-refractivity contribution in [3.63, 3.8) is 0 Å². The van der Waals surface area contributed by atoms with Gasteiger partial charge < -0.3 is 9.64 Å². The molecule has 1 saturated heterocycles. The number of rotatable bonds is 4. The third-order valence-corrected chi connectivity index (χ3v) is 5.99. The van der Waals surface area contributed by atoms with Crippen molar-refractivity contribution in [1.29, 1.82) is 0 Å². The molecule has 0 spiro atoms. The zero-order valence-electron chi connectivity index (χ0n) is 18.8. The molecule has 2 atom stereocenters. The number of ether oxygens (including phenoxy) is 1. The van der Waals surface area contributed by atoms with Crippen LogP contribution >= 0.6 is 0 Å². The van der Waals surface area contributed by atoms with E-state index in [0.29, 0.717) is 17.1 Å². The lowest BCUT2D eigenvalue weighted by molar-refractivity contribution is -0.137. The average Bonchev–Trinajstić information content (AvgIpc) is 3.25. The first-order valence-corrected chi connectivity index (χ1v) is 11.1. The first kappa shape index (κ1) is 24.5. The van der Waals surface area contributed by atoms with Gasteiger partial charge in [-0.2, -0.15) is 13.2 Å². The number of halogens is 6. The van der Waals surface area contributed by atoms with E-state index in [1.807, 2.05) is 0 Å². The van der Waals surface area contributed by atoms with Crippen LogP contribution in [0, 0.1) is 11.6 Å². The van der Waals surface area contributed by atoms with Crippen molar-refractivity contribution in [3.05, 3.63) is 95.3 Å². The second-order valence-corrected chi connectivity index (χ2v) is 8.51. The number of fused-ring (bicyclic) bond motifs is 1. The van der Waals surface area contributed by atoms with Crippen LogP contribution in [0.4, 0.5) is 26.3 Å². The SMILES string of the molecule is O=C(c1ccc2cc(Oc3ccc(C(F)(F)F)cn3)ccc2n1)N1C[C@@H](F)C[C@@H]1c1cc(F)ccc1F. The molecule has 1 aliphatic heterocycles. The van der Waals surface area contributed by atoms with Crippen LogP contribution < -0.4 is 4.74 Å². The smallest absolute Gasteiger partial charge is 0.417 e. The third-order valence-electron chi connectivity index (χ3n) is 5.99. The molecule has 0 unspecified atom stereocenters. The Morgan fingerprint density at radius 2 is 1.81 bits per heavy atom. The number of alkyl halides is 4. The summed E-state index contributed by atoms with van der Waals surface area (Å²) >= 11 is 0. The second kappa shape index (κ2) is 9.38. The summed E-state index contributed by atoms with van der Waals surface area (Å²) in [7, 11) is 0. The number of benzene rings is 2. The Bertz CT molecular complexity index is 1480. The van der Waals surface area contributed by atoms with Gasteiger partial charge in [-0.05, 0) is 48.5 Å². The van der Waals surface area contributed by atoms with Gasteiger partial charge in [0, 0.05) is 29.6 Å². The number of pyridine rings is 2. The van der Waals surface area contributed by atoms with Gasteiger partial charge in [0.1, 0.15) is 29.2 Å². The number of aromatic nitrogens is 2. The predicted octanol–water partition coefficient (Wildman–Crippen LogP) is 6.64. The molecule has 37 heavy (non-hydrogen) atoms. The zero-order valence-corrected chi connectivity index (χ0v) is 18.8. The maximum absolute atomic E-state index is 14.4. The molecule has 1 fully saturated rings. The Morgan fingerprint density at radius 3 is 2.54 bits per heavy atom. The minimum atomic E-state index is -4.51. The highest BCUT2D eigenvalue weighted by Gasteiger charge is 2.38. The molecular weight excluding hydrogens is 500 g/mol. The van der Waals surface area contributed by atoms with Gasteiger partial charge in [0.25, 0.3) is 5.91 Å². The van der Waals surface area contributed by atoms with E-state index in [0.717, 1.165) is 35.2 Å². The molecule has 0 aliphatic carbocycles. The number of hydrogen-bond acceptors (Lipinski definition) is 4. The van der Waals surface area contributed by atoms with Gasteiger partial charge >= 0.3 is 6.18 Å². The fraction of sp³-hybridized carbons (Fsp3) is 0.192. The first-order chi connectivity index (χ1) is 17.6. The van der Waals surface area contributed by atoms with Crippen LogP contribution in [-0.4, -0.2) is 33.5 Å². The van der Waals surface area contributed by atoms with Crippen LogP contribution in [0.5, 0.6) is 11.6 Å². The normalized spacial score (nSPS) is 17.8. The lowest BCUT2D eigenvalue weighted by Gasteiger charge is -2.25. The maximum atomic E-state index is 14.4. The summed E-state index contributed by atoms with van der Waals surface area (Å²) < 4.78 is 86.0. The van der Waals surface area contributed by atoms with E-state index in [4.69, 9.17) is 4.74 Å².